The lowest BCUT2D eigenvalue weighted by molar-refractivity contribution is 0.104. The Balaban J connectivity index is 1.97. The number of ketones is 1. The van der Waals surface area contributed by atoms with Gasteiger partial charge >= 0.3 is 0 Å². The molecule has 1 heterocycles. The van der Waals surface area contributed by atoms with Gasteiger partial charge in [-0.2, -0.15) is 0 Å². The van der Waals surface area contributed by atoms with Gasteiger partial charge in [0.2, 0.25) is 0 Å². The van der Waals surface area contributed by atoms with Gasteiger partial charge in [-0.05, 0) is 36.4 Å². The lowest BCUT2D eigenvalue weighted by Gasteiger charge is -1.99. The van der Waals surface area contributed by atoms with Crippen molar-refractivity contribution in [1.29, 1.82) is 0 Å². The predicted octanol–water partition coefficient (Wildman–Crippen LogP) is 4.20. The van der Waals surface area contributed by atoms with Gasteiger partial charge in [-0.15, -0.1) is 0 Å². The summed E-state index contributed by atoms with van der Waals surface area (Å²) in [5.74, 6) is 0.502. The Labute approximate surface area is 120 Å². The summed E-state index contributed by atoms with van der Waals surface area (Å²) in [5, 5.41) is 4.05. The molecule has 0 spiro atoms. The number of allylic oxidation sites excluding steroid dienone is 1. The largest absolute Gasteiger partial charge is 0.347 e. The first-order valence-electron chi connectivity index (χ1n) is 5.50. The molecule has 1 N–H and O–H groups in total. The molecule has 5 heteroatoms. The Bertz CT molecular complexity index is 592. The van der Waals surface area contributed by atoms with E-state index in [2.05, 4.69) is 10.3 Å². The van der Waals surface area contributed by atoms with E-state index in [9.17, 15) is 4.79 Å². The summed E-state index contributed by atoms with van der Waals surface area (Å²) in [6, 6.07) is 10.1. The Hall–Kier alpha value is -1.84. The normalized spacial score (nSPS) is 10.6. The quantitative estimate of drug-likeness (QED) is 0.678. The van der Waals surface area contributed by atoms with Crippen LogP contribution in [0.5, 0.6) is 0 Å². The number of nitrogens with one attached hydrogen (secondary N) is 1. The number of halogens is 2. The molecular formula is C14H10Cl2N2O. The molecule has 0 bridgehead atoms. The van der Waals surface area contributed by atoms with Crippen LogP contribution in [-0.2, 0) is 0 Å². The van der Waals surface area contributed by atoms with Gasteiger partial charge in [0.1, 0.15) is 5.82 Å². The minimum absolute atomic E-state index is 0.113. The van der Waals surface area contributed by atoms with Gasteiger partial charge in [-0.25, -0.2) is 4.98 Å². The van der Waals surface area contributed by atoms with Crippen LogP contribution in [0.1, 0.15) is 10.4 Å². The SMILES string of the molecule is O=C(C=CNc1ccc(Cl)cn1)c1ccc(Cl)cc1. The zero-order chi connectivity index (χ0) is 13.7. The van der Waals surface area contributed by atoms with Crippen molar-refractivity contribution < 1.29 is 4.79 Å². The second kappa shape index (κ2) is 6.36. The molecule has 3 nitrogen and oxygen atoms in total. The summed E-state index contributed by atoms with van der Waals surface area (Å²) in [7, 11) is 0. The number of nitrogens with zero attached hydrogens (tertiary/aromatic N) is 1. The number of pyridine rings is 1. The van der Waals surface area contributed by atoms with Crippen LogP contribution in [0.2, 0.25) is 10.0 Å². The summed E-state index contributed by atoms with van der Waals surface area (Å²) < 4.78 is 0. The molecule has 2 rings (SSSR count). The molecule has 2 aromatic rings. The van der Waals surface area contributed by atoms with Crippen LogP contribution < -0.4 is 5.32 Å². The number of carbonyl (C=O) groups excluding carboxylic acids is 1. The summed E-state index contributed by atoms with van der Waals surface area (Å²) in [6.45, 7) is 0. The van der Waals surface area contributed by atoms with Crippen LogP contribution >= 0.6 is 23.2 Å². The molecule has 0 saturated heterocycles. The zero-order valence-corrected chi connectivity index (χ0v) is 11.3. The molecule has 0 aliphatic rings. The molecule has 19 heavy (non-hydrogen) atoms. The van der Waals surface area contributed by atoms with Crippen LogP contribution in [0.15, 0.2) is 54.9 Å². The molecule has 0 radical (unpaired) electrons. The second-order valence-electron chi connectivity index (χ2n) is 3.71. The van der Waals surface area contributed by atoms with E-state index < -0.39 is 0 Å². The Morgan fingerprint density at radius 2 is 1.74 bits per heavy atom. The van der Waals surface area contributed by atoms with Crippen molar-refractivity contribution in [3.63, 3.8) is 0 Å². The first-order chi connectivity index (χ1) is 9.15. The fraction of sp³-hybridized carbons (Fsp3) is 0. The van der Waals surface area contributed by atoms with E-state index in [4.69, 9.17) is 23.2 Å². The standard InChI is InChI=1S/C14H10Cl2N2O/c15-11-3-1-10(2-4-11)13(19)7-8-17-14-6-5-12(16)9-18-14/h1-9H,(H,17,18). The summed E-state index contributed by atoms with van der Waals surface area (Å²) in [5.41, 5.74) is 0.575. The number of benzene rings is 1. The van der Waals surface area contributed by atoms with Crippen molar-refractivity contribution in [2.45, 2.75) is 0 Å². The third-order valence-electron chi connectivity index (χ3n) is 2.32. The number of hydrogen-bond donors (Lipinski definition) is 1. The smallest absolute Gasteiger partial charge is 0.187 e. The number of anilines is 1. The van der Waals surface area contributed by atoms with Gasteiger partial charge in [0.25, 0.3) is 0 Å². The van der Waals surface area contributed by atoms with Crippen molar-refractivity contribution in [3.8, 4) is 0 Å². The van der Waals surface area contributed by atoms with Gasteiger partial charge in [0.05, 0.1) is 5.02 Å². The third-order valence-corrected chi connectivity index (χ3v) is 2.80. The zero-order valence-electron chi connectivity index (χ0n) is 9.81. The first-order valence-corrected chi connectivity index (χ1v) is 6.25. The van der Waals surface area contributed by atoms with E-state index in [0.29, 0.717) is 21.4 Å². The fourth-order valence-electron chi connectivity index (χ4n) is 1.37. The lowest BCUT2D eigenvalue weighted by Crippen LogP contribution is -1.96. The Morgan fingerprint density at radius 1 is 1.05 bits per heavy atom. The minimum Gasteiger partial charge on any atom is -0.347 e. The molecule has 0 fully saturated rings. The lowest BCUT2D eigenvalue weighted by atomic mass is 10.1. The number of hydrogen-bond acceptors (Lipinski definition) is 3. The maximum absolute atomic E-state index is 11.8. The topological polar surface area (TPSA) is 42.0 Å². The Kier molecular flexibility index (Phi) is 4.55. The maximum atomic E-state index is 11.8. The van der Waals surface area contributed by atoms with Crippen molar-refractivity contribution in [2.24, 2.45) is 0 Å². The average molecular weight is 293 g/mol. The molecule has 0 saturated carbocycles. The molecule has 0 atom stereocenters. The fourth-order valence-corrected chi connectivity index (χ4v) is 1.61. The number of rotatable bonds is 4. The van der Waals surface area contributed by atoms with Gasteiger partial charge in [-0.3, -0.25) is 4.79 Å². The molecule has 96 valence electrons. The monoisotopic (exact) mass is 292 g/mol. The highest BCUT2D eigenvalue weighted by molar-refractivity contribution is 6.30. The molecule has 1 aromatic carbocycles. The number of aromatic nitrogens is 1. The minimum atomic E-state index is -0.113. The van der Waals surface area contributed by atoms with Crippen molar-refractivity contribution >= 4 is 34.8 Å². The third kappa shape index (κ3) is 4.09. The van der Waals surface area contributed by atoms with Crippen molar-refractivity contribution in [2.75, 3.05) is 5.32 Å². The van der Waals surface area contributed by atoms with E-state index in [-0.39, 0.29) is 5.78 Å². The van der Waals surface area contributed by atoms with E-state index in [1.54, 1.807) is 36.4 Å². The maximum Gasteiger partial charge on any atom is 0.187 e. The predicted molar refractivity (Wildman–Crippen MR) is 77.8 cm³/mol. The molecule has 0 aliphatic carbocycles. The summed E-state index contributed by atoms with van der Waals surface area (Å²) in [6.07, 6.45) is 4.49. The van der Waals surface area contributed by atoms with Crippen LogP contribution in [0, 0.1) is 0 Å². The van der Waals surface area contributed by atoms with E-state index in [0.717, 1.165) is 0 Å². The van der Waals surface area contributed by atoms with Gasteiger partial charge in [-0.1, -0.05) is 23.2 Å². The first kappa shape index (κ1) is 13.6. The van der Waals surface area contributed by atoms with E-state index in [1.807, 2.05) is 0 Å². The van der Waals surface area contributed by atoms with Crippen molar-refractivity contribution in [1.82, 2.24) is 4.98 Å². The van der Waals surface area contributed by atoms with Crippen LogP contribution in [0.3, 0.4) is 0 Å². The van der Waals surface area contributed by atoms with E-state index >= 15 is 0 Å². The Morgan fingerprint density at radius 3 is 2.37 bits per heavy atom. The summed E-state index contributed by atoms with van der Waals surface area (Å²) >= 11 is 11.5. The second-order valence-corrected chi connectivity index (χ2v) is 4.58. The van der Waals surface area contributed by atoms with Gasteiger partial charge < -0.3 is 5.32 Å². The van der Waals surface area contributed by atoms with Gasteiger partial charge in [0.15, 0.2) is 5.78 Å². The summed E-state index contributed by atoms with van der Waals surface area (Å²) in [4.78, 5) is 15.8. The van der Waals surface area contributed by atoms with Crippen molar-refractivity contribution in [3.05, 3.63) is 70.5 Å². The number of carbonyl (C=O) groups is 1. The molecule has 0 unspecified atom stereocenters. The molecule has 0 aliphatic heterocycles. The molecular weight excluding hydrogens is 283 g/mol. The van der Waals surface area contributed by atoms with Crippen LogP contribution in [-0.4, -0.2) is 10.8 Å². The molecule has 1 aromatic heterocycles. The van der Waals surface area contributed by atoms with Gasteiger partial charge in [0, 0.05) is 29.1 Å². The highest BCUT2D eigenvalue weighted by atomic mass is 35.5. The van der Waals surface area contributed by atoms with Crippen LogP contribution in [0.25, 0.3) is 0 Å². The van der Waals surface area contributed by atoms with Crippen LogP contribution in [0.4, 0.5) is 5.82 Å². The van der Waals surface area contributed by atoms with E-state index in [1.165, 1.54) is 18.5 Å². The molecule has 0 amide bonds. The highest BCUT2D eigenvalue weighted by Crippen LogP contribution is 2.11. The highest BCUT2D eigenvalue weighted by Gasteiger charge is 2.00. The average Bonchev–Trinajstić information content (AvgIpc) is 2.41.